The molecular formula is C7H17NS. The van der Waals surface area contributed by atoms with Gasteiger partial charge in [0.2, 0.25) is 0 Å². The van der Waals surface area contributed by atoms with Gasteiger partial charge < -0.3 is 5.73 Å². The van der Waals surface area contributed by atoms with E-state index in [0.29, 0.717) is 0 Å². The van der Waals surface area contributed by atoms with E-state index in [9.17, 15) is 0 Å². The molecular weight excluding hydrogens is 130 g/mol. The fourth-order valence-corrected chi connectivity index (χ4v) is 2.07. The molecule has 1 aliphatic rings. The lowest BCUT2D eigenvalue weighted by Gasteiger charge is -1.98. The Morgan fingerprint density at radius 1 is 1.56 bits per heavy atom. The molecule has 1 aliphatic heterocycles. The number of nitrogens with two attached hydrogens (primary N) is 1. The van der Waals surface area contributed by atoms with Gasteiger partial charge in [0.25, 0.3) is 0 Å². The molecule has 56 valence electrons. The quantitative estimate of drug-likeness (QED) is 0.611. The highest BCUT2D eigenvalue weighted by molar-refractivity contribution is 7.99. The van der Waals surface area contributed by atoms with Crippen LogP contribution in [0.1, 0.15) is 20.3 Å². The second-order valence-electron chi connectivity index (χ2n) is 1.97. The molecule has 1 heterocycles. The standard InChI is InChI=1S/C5H11NS.C2H6/c6-3-5-1-2-7-4-5;1-2/h5H,1-4,6H2;1-2H3. The topological polar surface area (TPSA) is 26.0 Å². The van der Waals surface area contributed by atoms with E-state index in [-0.39, 0.29) is 0 Å². The zero-order valence-electron chi connectivity index (χ0n) is 6.39. The minimum absolute atomic E-state index is 0.838. The molecule has 0 aromatic carbocycles. The van der Waals surface area contributed by atoms with Crippen molar-refractivity contribution < 1.29 is 0 Å². The van der Waals surface area contributed by atoms with Crippen LogP contribution in [0.3, 0.4) is 0 Å². The highest BCUT2D eigenvalue weighted by Gasteiger charge is 2.11. The van der Waals surface area contributed by atoms with Gasteiger partial charge >= 0.3 is 0 Å². The lowest BCUT2D eigenvalue weighted by molar-refractivity contribution is 0.612. The SMILES string of the molecule is CC.NCC1CCSC1. The van der Waals surface area contributed by atoms with Crippen LogP contribution in [0.15, 0.2) is 0 Å². The Morgan fingerprint density at radius 3 is 2.44 bits per heavy atom. The average molecular weight is 147 g/mol. The minimum atomic E-state index is 0.838. The van der Waals surface area contributed by atoms with Crippen LogP contribution in [0.2, 0.25) is 0 Å². The lowest BCUT2D eigenvalue weighted by atomic mass is 10.1. The van der Waals surface area contributed by atoms with Crippen molar-refractivity contribution in [2.24, 2.45) is 11.7 Å². The first kappa shape index (κ1) is 9.31. The lowest BCUT2D eigenvalue weighted by Crippen LogP contribution is -2.12. The Balaban J connectivity index is 0.000000291. The molecule has 0 saturated carbocycles. The van der Waals surface area contributed by atoms with Gasteiger partial charge in [-0.25, -0.2) is 0 Å². The third-order valence-electron chi connectivity index (χ3n) is 1.36. The Morgan fingerprint density at radius 2 is 2.22 bits per heavy atom. The zero-order chi connectivity index (χ0) is 7.11. The van der Waals surface area contributed by atoms with Crippen molar-refractivity contribution in [1.29, 1.82) is 0 Å². The number of thioether (sulfide) groups is 1. The van der Waals surface area contributed by atoms with Gasteiger partial charge in [0.05, 0.1) is 0 Å². The molecule has 0 spiro atoms. The summed E-state index contributed by atoms with van der Waals surface area (Å²) < 4.78 is 0. The van der Waals surface area contributed by atoms with E-state index in [2.05, 4.69) is 0 Å². The largest absolute Gasteiger partial charge is 0.330 e. The third kappa shape index (κ3) is 3.82. The van der Waals surface area contributed by atoms with Crippen molar-refractivity contribution >= 4 is 11.8 Å². The van der Waals surface area contributed by atoms with E-state index in [4.69, 9.17) is 5.73 Å². The molecule has 1 saturated heterocycles. The van der Waals surface area contributed by atoms with Gasteiger partial charge in [-0.1, -0.05) is 13.8 Å². The second kappa shape index (κ2) is 6.43. The van der Waals surface area contributed by atoms with Crippen molar-refractivity contribution in [1.82, 2.24) is 0 Å². The monoisotopic (exact) mass is 147 g/mol. The molecule has 9 heavy (non-hydrogen) atoms. The van der Waals surface area contributed by atoms with Crippen molar-refractivity contribution in [2.75, 3.05) is 18.1 Å². The summed E-state index contributed by atoms with van der Waals surface area (Å²) in [6, 6.07) is 0. The molecule has 1 nitrogen and oxygen atoms in total. The maximum absolute atomic E-state index is 5.42. The molecule has 0 bridgehead atoms. The summed E-state index contributed by atoms with van der Waals surface area (Å²) in [5.74, 6) is 3.48. The van der Waals surface area contributed by atoms with Crippen LogP contribution in [0.5, 0.6) is 0 Å². The molecule has 0 radical (unpaired) electrons. The van der Waals surface area contributed by atoms with Gasteiger partial charge in [0, 0.05) is 0 Å². The predicted octanol–water partition coefficient (Wildman–Crippen LogP) is 1.72. The molecule has 1 atom stereocenters. The number of rotatable bonds is 1. The second-order valence-corrected chi connectivity index (χ2v) is 3.12. The summed E-state index contributed by atoms with van der Waals surface area (Å²) in [5, 5.41) is 0. The Hall–Kier alpha value is 0.310. The summed E-state index contributed by atoms with van der Waals surface area (Å²) in [5.41, 5.74) is 5.42. The van der Waals surface area contributed by atoms with Crippen LogP contribution < -0.4 is 5.73 Å². The van der Waals surface area contributed by atoms with Gasteiger partial charge in [-0.2, -0.15) is 11.8 Å². The summed E-state index contributed by atoms with van der Waals surface area (Å²) in [7, 11) is 0. The third-order valence-corrected chi connectivity index (χ3v) is 2.59. The Labute approximate surface area is 62.4 Å². The van der Waals surface area contributed by atoms with E-state index in [1.54, 1.807) is 0 Å². The van der Waals surface area contributed by atoms with Gasteiger partial charge in [-0.05, 0) is 30.4 Å². The Bertz CT molecular complexity index is 50.9. The molecule has 1 unspecified atom stereocenters. The van der Waals surface area contributed by atoms with Crippen molar-refractivity contribution in [2.45, 2.75) is 20.3 Å². The number of hydrogen-bond donors (Lipinski definition) is 1. The van der Waals surface area contributed by atoms with Crippen LogP contribution in [-0.4, -0.2) is 18.1 Å². The van der Waals surface area contributed by atoms with E-state index >= 15 is 0 Å². The van der Waals surface area contributed by atoms with Gasteiger partial charge in [0.1, 0.15) is 0 Å². The first-order valence-corrected chi connectivity index (χ1v) is 4.87. The van der Waals surface area contributed by atoms with Crippen molar-refractivity contribution in [3.05, 3.63) is 0 Å². The smallest absolute Gasteiger partial charge is 0.00268 e. The predicted molar refractivity (Wildman–Crippen MR) is 45.8 cm³/mol. The summed E-state index contributed by atoms with van der Waals surface area (Å²) in [6.07, 6.45) is 1.35. The van der Waals surface area contributed by atoms with E-state index in [0.717, 1.165) is 12.5 Å². The maximum atomic E-state index is 5.42. The van der Waals surface area contributed by atoms with E-state index < -0.39 is 0 Å². The normalized spacial score (nSPS) is 25.0. The first-order chi connectivity index (χ1) is 4.43. The van der Waals surface area contributed by atoms with Crippen LogP contribution in [0, 0.1) is 5.92 Å². The Kier molecular flexibility index (Phi) is 6.65. The summed E-state index contributed by atoms with van der Waals surface area (Å²) in [4.78, 5) is 0. The van der Waals surface area contributed by atoms with Crippen LogP contribution in [-0.2, 0) is 0 Å². The minimum Gasteiger partial charge on any atom is -0.330 e. The van der Waals surface area contributed by atoms with E-state index in [1.165, 1.54) is 17.9 Å². The van der Waals surface area contributed by atoms with Crippen LogP contribution in [0.25, 0.3) is 0 Å². The average Bonchev–Trinajstić information content (AvgIpc) is 2.43. The molecule has 0 amide bonds. The fraction of sp³-hybridized carbons (Fsp3) is 1.00. The molecule has 0 aliphatic carbocycles. The van der Waals surface area contributed by atoms with E-state index in [1.807, 2.05) is 25.6 Å². The van der Waals surface area contributed by atoms with Crippen LogP contribution >= 0.6 is 11.8 Å². The highest BCUT2D eigenvalue weighted by atomic mass is 32.2. The first-order valence-electron chi connectivity index (χ1n) is 3.71. The summed E-state index contributed by atoms with van der Waals surface area (Å²) in [6.45, 7) is 4.90. The molecule has 0 aromatic rings. The molecule has 1 fully saturated rings. The van der Waals surface area contributed by atoms with Crippen LogP contribution in [0.4, 0.5) is 0 Å². The fourth-order valence-electron chi connectivity index (χ4n) is 0.769. The molecule has 0 aromatic heterocycles. The summed E-state index contributed by atoms with van der Waals surface area (Å²) >= 11 is 2.03. The molecule has 2 N–H and O–H groups in total. The highest BCUT2D eigenvalue weighted by Crippen LogP contribution is 2.21. The van der Waals surface area contributed by atoms with Crippen molar-refractivity contribution in [3.8, 4) is 0 Å². The molecule has 1 rings (SSSR count). The van der Waals surface area contributed by atoms with Crippen molar-refractivity contribution in [3.63, 3.8) is 0 Å². The molecule has 2 heteroatoms. The number of hydrogen-bond acceptors (Lipinski definition) is 2. The van der Waals surface area contributed by atoms with Gasteiger partial charge in [-0.15, -0.1) is 0 Å². The zero-order valence-corrected chi connectivity index (χ0v) is 7.21. The van der Waals surface area contributed by atoms with Gasteiger partial charge in [-0.3, -0.25) is 0 Å². The van der Waals surface area contributed by atoms with Gasteiger partial charge in [0.15, 0.2) is 0 Å². The maximum Gasteiger partial charge on any atom is -0.00268 e.